The average molecular weight is 291 g/mol. The number of halogens is 1. The van der Waals surface area contributed by atoms with Gasteiger partial charge in [-0.25, -0.2) is 0 Å². The first-order valence-corrected chi connectivity index (χ1v) is 7.16. The molecule has 4 nitrogen and oxygen atoms in total. The normalized spacial score (nSPS) is 30.6. The van der Waals surface area contributed by atoms with Crippen LogP contribution in [-0.4, -0.2) is 43.7 Å². The van der Waals surface area contributed by atoms with Crippen LogP contribution in [0.1, 0.15) is 33.1 Å². The molecule has 2 heterocycles. The van der Waals surface area contributed by atoms with E-state index < -0.39 is 0 Å². The first-order valence-electron chi connectivity index (χ1n) is 7.16. The zero-order chi connectivity index (χ0) is 13.2. The lowest BCUT2D eigenvalue weighted by Crippen LogP contribution is -2.53. The molecule has 2 fully saturated rings. The molecule has 0 aliphatic carbocycles. The van der Waals surface area contributed by atoms with E-state index in [4.69, 9.17) is 10.5 Å². The van der Waals surface area contributed by atoms with Crippen molar-refractivity contribution < 1.29 is 9.53 Å². The van der Waals surface area contributed by atoms with Crippen LogP contribution in [0.5, 0.6) is 0 Å². The van der Waals surface area contributed by atoms with Crippen LogP contribution >= 0.6 is 12.4 Å². The predicted molar refractivity (Wildman–Crippen MR) is 78.3 cm³/mol. The molecule has 0 saturated carbocycles. The van der Waals surface area contributed by atoms with Crippen molar-refractivity contribution in [1.82, 2.24) is 4.90 Å². The Morgan fingerprint density at radius 1 is 1.32 bits per heavy atom. The van der Waals surface area contributed by atoms with Gasteiger partial charge in [-0.3, -0.25) is 4.79 Å². The molecule has 0 radical (unpaired) electrons. The zero-order valence-corrected chi connectivity index (χ0v) is 12.9. The monoisotopic (exact) mass is 290 g/mol. The predicted octanol–water partition coefficient (Wildman–Crippen LogP) is 1.67. The molecule has 0 aromatic carbocycles. The fourth-order valence-corrected chi connectivity index (χ4v) is 3.05. The van der Waals surface area contributed by atoms with Gasteiger partial charge in [0.25, 0.3) is 0 Å². The van der Waals surface area contributed by atoms with E-state index in [1.54, 1.807) is 0 Å². The average Bonchev–Trinajstić information content (AvgIpc) is 2.42. The topological polar surface area (TPSA) is 55.6 Å². The van der Waals surface area contributed by atoms with Gasteiger partial charge in [0.15, 0.2) is 0 Å². The molecule has 0 bridgehead atoms. The molecule has 19 heavy (non-hydrogen) atoms. The van der Waals surface area contributed by atoms with Crippen molar-refractivity contribution in [2.75, 3.05) is 32.8 Å². The summed E-state index contributed by atoms with van der Waals surface area (Å²) in [6, 6.07) is 0. The molecule has 5 heteroatoms. The first-order chi connectivity index (χ1) is 8.59. The molecule has 0 aromatic heterocycles. The summed E-state index contributed by atoms with van der Waals surface area (Å²) in [5.41, 5.74) is 5.56. The van der Waals surface area contributed by atoms with Gasteiger partial charge in [0.2, 0.25) is 5.91 Å². The van der Waals surface area contributed by atoms with Crippen LogP contribution in [0.3, 0.4) is 0 Å². The van der Waals surface area contributed by atoms with Crippen LogP contribution < -0.4 is 5.73 Å². The lowest BCUT2D eigenvalue weighted by molar-refractivity contribution is -0.149. The van der Waals surface area contributed by atoms with E-state index in [-0.39, 0.29) is 23.7 Å². The van der Waals surface area contributed by atoms with E-state index in [2.05, 4.69) is 13.8 Å². The molecular formula is C14H27ClN2O2. The molecule has 2 atom stereocenters. The molecule has 2 saturated heterocycles. The van der Waals surface area contributed by atoms with Gasteiger partial charge in [0.1, 0.15) is 0 Å². The van der Waals surface area contributed by atoms with E-state index in [0.29, 0.717) is 25.7 Å². The van der Waals surface area contributed by atoms with Crippen molar-refractivity contribution in [3.05, 3.63) is 0 Å². The van der Waals surface area contributed by atoms with Gasteiger partial charge in [0, 0.05) is 32.8 Å². The number of hydrogen-bond donors (Lipinski definition) is 1. The van der Waals surface area contributed by atoms with E-state index in [0.717, 1.165) is 38.3 Å². The number of likely N-dealkylation sites (tertiary alicyclic amines) is 1. The van der Waals surface area contributed by atoms with Crippen molar-refractivity contribution in [1.29, 1.82) is 0 Å². The Morgan fingerprint density at radius 2 is 1.95 bits per heavy atom. The number of hydrogen-bond acceptors (Lipinski definition) is 3. The first kappa shape index (κ1) is 16.7. The van der Waals surface area contributed by atoms with E-state index in [1.165, 1.54) is 0 Å². The van der Waals surface area contributed by atoms with E-state index >= 15 is 0 Å². The number of piperidine rings is 1. The van der Waals surface area contributed by atoms with Crippen molar-refractivity contribution in [2.45, 2.75) is 33.1 Å². The number of carbonyl (C=O) groups is 1. The Kier molecular flexibility index (Phi) is 6.09. The minimum Gasteiger partial charge on any atom is -0.381 e. The third kappa shape index (κ3) is 3.41. The lowest BCUT2D eigenvalue weighted by Gasteiger charge is -2.43. The SMILES string of the molecule is CC1CCN(C(=O)C2(CN)CCOCC2)CC1C.Cl. The van der Waals surface area contributed by atoms with Gasteiger partial charge in [-0.05, 0) is 31.1 Å². The largest absolute Gasteiger partial charge is 0.381 e. The Balaban J connectivity index is 0.00000180. The molecule has 2 N–H and O–H groups in total. The molecule has 2 unspecified atom stereocenters. The highest BCUT2D eigenvalue weighted by atomic mass is 35.5. The fraction of sp³-hybridized carbons (Fsp3) is 0.929. The van der Waals surface area contributed by atoms with Crippen LogP contribution in [0.4, 0.5) is 0 Å². The van der Waals surface area contributed by atoms with Crippen LogP contribution in [0.25, 0.3) is 0 Å². The molecule has 2 rings (SSSR count). The smallest absolute Gasteiger partial charge is 0.230 e. The summed E-state index contributed by atoms with van der Waals surface area (Å²) in [6.07, 6.45) is 2.68. The summed E-state index contributed by atoms with van der Waals surface area (Å²) in [7, 11) is 0. The minimum atomic E-state index is -0.349. The number of nitrogens with two attached hydrogens (primary N) is 1. The third-order valence-electron chi connectivity index (χ3n) is 4.92. The minimum absolute atomic E-state index is 0. The molecule has 112 valence electrons. The highest BCUT2D eigenvalue weighted by molar-refractivity contribution is 5.85. The molecule has 1 amide bonds. The van der Waals surface area contributed by atoms with Crippen LogP contribution in [0.15, 0.2) is 0 Å². The Labute approximate surface area is 122 Å². The molecule has 2 aliphatic heterocycles. The summed E-state index contributed by atoms with van der Waals surface area (Å²) < 4.78 is 5.38. The van der Waals surface area contributed by atoms with Gasteiger partial charge < -0.3 is 15.4 Å². The highest BCUT2D eigenvalue weighted by Crippen LogP contribution is 2.34. The maximum Gasteiger partial charge on any atom is 0.230 e. The summed E-state index contributed by atoms with van der Waals surface area (Å²) in [4.78, 5) is 14.8. The van der Waals surface area contributed by atoms with E-state index in [9.17, 15) is 4.79 Å². The summed E-state index contributed by atoms with van der Waals surface area (Å²) in [6.45, 7) is 8.10. The van der Waals surface area contributed by atoms with Crippen LogP contribution in [0.2, 0.25) is 0 Å². The summed E-state index contributed by atoms with van der Waals surface area (Å²) in [5.74, 6) is 1.59. The van der Waals surface area contributed by atoms with Gasteiger partial charge in [-0.1, -0.05) is 13.8 Å². The van der Waals surface area contributed by atoms with E-state index in [1.807, 2.05) is 4.90 Å². The maximum absolute atomic E-state index is 12.7. The van der Waals surface area contributed by atoms with Crippen molar-refractivity contribution in [2.24, 2.45) is 23.0 Å². The second kappa shape index (κ2) is 6.91. The van der Waals surface area contributed by atoms with Crippen LogP contribution in [-0.2, 0) is 9.53 Å². The Morgan fingerprint density at radius 3 is 2.47 bits per heavy atom. The number of carbonyl (C=O) groups excluding carboxylic acids is 1. The Hall–Kier alpha value is -0.320. The second-order valence-electron chi connectivity index (χ2n) is 6.09. The van der Waals surface area contributed by atoms with Gasteiger partial charge in [-0.2, -0.15) is 0 Å². The van der Waals surface area contributed by atoms with Crippen LogP contribution in [0, 0.1) is 17.3 Å². The molecule has 2 aliphatic rings. The number of nitrogens with zero attached hydrogens (tertiary/aromatic N) is 1. The maximum atomic E-state index is 12.7. The standard InChI is InChI=1S/C14H26N2O2.ClH/c1-11-3-6-16(9-12(11)2)13(17)14(10-15)4-7-18-8-5-14;/h11-12H,3-10,15H2,1-2H3;1H. The number of ether oxygens (including phenoxy) is 1. The second-order valence-corrected chi connectivity index (χ2v) is 6.09. The quantitative estimate of drug-likeness (QED) is 0.842. The molecule has 0 spiro atoms. The molecule has 0 aromatic rings. The lowest BCUT2D eigenvalue weighted by atomic mass is 9.77. The Bertz CT molecular complexity index is 306. The van der Waals surface area contributed by atoms with Gasteiger partial charge in [-0.15, -0.1) is 12.4 Å². The van der Waals surface area contributed by atoms with Crippen molar-refractivity contribution in [3.8, 4) is 0 Å². The fourth-order valence-electron chi connectivity index (χ4n) is 3.05. The number of amides is 1. The summed E-state index contributed by atoms with van der Waals surface area (Å²) >= 11 is 0. The number of rotatable bonds is 2. The molecular weight excluding hydrogens is 264 g/mol. The summed E-state index contributed by atoms with van der Waals surface area (Å²) in [5, 5.41) is 0. The van der Waals surface area contributed by atoms with Crippen molar-refractivity contribution >= 4 is 18.3 Å². The zero-order valence-electron chi connectivity index (χ0n) is 12.1. The van der Waals surface area contributed by atoms with Crippen molar-refractivity contribution in [3.63, 3.8) is 0 Å². The third-order valence-corrected chi connectivity index (χ3v) is 4.92. The van der Waals surface area contributed by atoms with Gasteiger partial charge >= 0.3 is 0 Å². The highest BCUT2D eigenvalue weighted by Gasteiger charge is 2.42. The van der Waals surface area contributed by atoms with Gasteiger partial charge in [0.05, 0.1) is 5.41 Å².